The van der Waals surface area contributed by atoms with E-state index in [2.05, 4.69) is 26.6 Å². The molecule has 36 heavy (non-hydrogen) atoms. The fourth-order valence-electron chi connectivity index (χ4n) is 3.63. The van der Waals surface area contributed by atoms with Crippen LogP contribution in [0.4, 0.5) is 17.1 Å². The standard InChI is InChI=1S/C28H26BrN3O3S/c1-17(2)16-24(33)30-20-10-14-23(15-11-20)36-26-25(31-21-8-6-19(29)7-9-21)27(34)32(28(26)35)22-12-4-18(3)5-13-22/h4-15,17,31H,16H2,1-3H3,(H,30,33). The molecule has 0 aromatic heterocycles. The summed E-state index contributed by atoms with van der Waals surface area (Å²) in [5, 5.41) is 6.04. The van der Waals surface area contributed by atoms with Crippen molar-refractivity contribution >= 4 is 62.5 Å². The fourth-order valence-corrected chi connectivity index (χ4v) is 4.82. The average Bonchev–Trinajstić information content (AvgIpc) is 3.06. The zero-order valence-corrected chi connectivity index (χ0v) is 22.6. The second-order valence-corrected chi connectivity index (χ2v) is 10.9. The summed E-state index contributed by atoms with van der Waals surface area (Å²) < 4.78 is 0.910. The summed E-state index contributed by atoms with van der Waals surface area (Å²) >= 11 is 4.63. The highest BCUT2D eigenvalue weighted by Crippen LogP contribution is 2.38. The minimum atomic E-state index is -0.410. The Morgan fingerprint density at radius 3 is 2.11 bits per heavy atom. The first-order valence-electron chi connectivity index (χ1n) is 11.5. The Morgan fingerprint density at radius 1 is 0.889 bits per heavy atom. The van der Waals surface area contributed by atoms with Gasteiger partial charge in [-0.25, -0.2) is 4.90 Å². The molecule has 2 N–H and O–H groups in total. The first-order chi connectivity index (χ1) is 17.2. The molecule has 3 aromatic carbocycles. The molecule has 1 heterocycles. The monoisotopic (exact) mass is 563 g/mol. The number of nitrogens with zero attached hydrogens (tertiary/aromatic N) is 1. The molecule has 3 aromatic rings. The largest absolute Gasteiger partial charge is 0.350 e. The van der Waals surface area contributed by atoms with Crippen molar-refractivity contribution in [3.8, 4) is 0 Å². The van der Waals surface area contributed by atoms with Crippen molar-refractivity contribution in [3.05, 3.63) is 93.4 Å². The van der Waals surface area contributed by atoms with Crippen LogP contribution in [0, 0.1) is 12.8 Å². The van der Waals surface area contributed by atoms with Crippen LogP contribution in [0.25, 0.3) is 0 Å². The average molecular weight is 565 g/mol. The number of halogens is 1. The van der Waals surface area contributed by atoms with E-state index in [0.29, 0.717) is 28.4 Å². The Bertz CT molecular complexity index is 1320. The molecule has 0 aliphatic carbocycles. The Kier molecular flexibility index (Phi) is 7.96. The number of hydrogen-bond donors (Lipinski definition) is 2. The minimum absolute atomic E-state index is 0.0422. The summed E-state index contributed by atoms with van der Waals surface area (Å²) in [6.07, 6.45) is 0.444. The molecule has 1 aliphatic rings. The normalized spacial score (nSPS) is 13.5. The third-order valence-electron chi connectivity index (χ3n) is 5.40. The van der Waals surface area contributed by atoms with Crippen molar-refractivity contribution in [2.45, 2.75) is 32.1 Å². The lowest BCUT2D eigenvalue weighted by molar-refractivity contribution is -0.120. The number of benzene rings is 3. The number of imide groups is 1. The SMILES string of the molecule is Cc1ccc(N2C(=O)C(Nc3ccc(Br)cc3)=C(Sc3ccc(NC(=O)CC(C)C)cc3)C2=O)cc1. The van der Waals surface area contributed by atoms with Gasteiger partial charge in [-0.15, -0.1) is 0 Å². The number of aryl methyl sites for hydroxylation is 1. The number of amides is 3. The lowest BCUT2D eigenvalue weighted by Crippen LogP contribution is -2.32. The van der Waals surface area contributed by atoms with Gasteiger partial charge in [-0.2, -0.15) is 0 Å². The van der Waals surface area contributed by atoms with Gasteiger partial charge in [-0.3, -0.25) is 14.4 Å². The molecule has 0 bridgehead atoms. The van der Waals surface area contributed by atoms with Gasteiger partial charge in [0.15, 0.2) is 0 Å². The number of hydrogen-bond acceptors (Lipinski definition) is 5. The first kappa shape index (κ1) is 25.7. The number of nitrogens with one attached hydrogen (secondary N) is 2. The molecule has 3 amide bonds. The smallest absolute Gasteiger partial charge is 0.283 e. The zero-order chi connectivity index (χ0) is 25.8. The van der Waals surface area contributed by atoms with Crippen molar-refractivity contribution in [1.29, 1.82) is 0 Å². The molecule has 0 saturated heterocycles. The van der Waals surface area contributed by atoms with Crippen LogP contribution in [0.15, 0.2) is 92.8 Å². The number of carbonyl (C=O) groups excluding carboxylic acids is 3. The highest BCUT2D eigenvalue weighted by atomic mass is 79.9. The van der Waals surface area contributed by atoms with E-state index >= 15 is 0 Å². The third kappa shape index (κ3) is 6.06. The van der Waals surface area contributed by atoms with Crippen molar-refractivity contribution in [1.82, 2.24) is 0 Å². The van der Waals surface area contributed by atoms with E-state index in [0.717, 1.165) is 14.9 Å². The first-order valence-corrected chi connectivity index (χ1v) is 13.1. The van der Waals surface area contributed by atoms with Gasteiger partial charge in [0.1, 0.15) is 10.6 Å². The lowest BCUT2D eigenvalue weighted by atomic mass is 10.1. The van der Waals surface area contributed by atoms with Crippen molar-refractivity contribution in [3.63, 3.8) is 0 Å². The highest BCUT2D eigenvalue weighted by molar-refractivity contribution is 9.10. The van der Waals surface area contributed by atoms with Crippen molar-refractivity contribution in [2.75, 3.05) is 15.5 Å². The summed E-state index contributed by atoms with van der Waals surface area (Å²) in [4.78, 5) is 41.3. The number of thioether (sulfide) groups is 1. The molecular weight excluding hydrogens is 538 g/mol. The molecule has 0 saturated carbocycles. The Morgan fingerprint density at radius 2 is 1.50 bits per heavy atom. The van der Waals surface area contributed by atoms with Crippen LogP contribution in [0.5, 0.6) is 0 Å². The van der Waals surface area contributed by atoms with Crippen LogP contribution in [0.3, 0.4) is 0 Å². The molecule has 184 valence electrons. The van der Waals surface area contributed by atoms with E-state index < -0.39 is 5.91 Å². The summed E-state index contributed by atoms with van der Waals surface area (Å²) in [7, 11) is 0. The van der Waals surface area contributed by atoms with E-state index in [9.17, 15) is 14.4 Å². The Labute approximate surface area is 223 Å². The van der Waals surface area contributed by atoms with Crippen LogP contribution >= 0.6 is 27.7 Å². The van der Waals surface area contributed by atoms with Gasteiger partial charge in [-0.1, -0.05) is 59.2 Å². The van der Waals surface area contributed by atoms with Gasteiger partial charge in [0.2, 0.25) is 5.91 Å². The van der Waals surface area contributed by atoms with Gasteiger partial charge in [0.25, 0.3) is 11.8 Å². The van der Waals surface area contributed by atoms with E-state index in [1.807, 2.05) is 69.3 Å². The van der Waals surface area contributed by atoms with Crippen LogP contribution in [-0.4, -0.2) is 17.7 Å². The summed E-state index contributed by atoms with van der Waals surface area (Å²) in [5.41, 5.74) is 3.16. The van der Waals surface area contributed by atoms with Crippen LogP contribution < -0.4 is 15.5 Å². The maximum absolute atomic E-state index is 13.5. The maximum Gasteiger partial charge on any atom is 0.283 e. The Balaban J connectivity index is 1.62. The molecule has 0 atom stereocenters. The quantitative estimate of drug-likeness (QED) is 0.297. The molecule has 0 fully saturated rings. The predicted octanol–water partition coefficient (Wildman–Crippen LogP) is 6.73. The lowest BCUT2D eigenvalue weighted by Gasteiger charge is -2.15. The zero-order valence-electron chi connectivity index (χ0n) is 20.2. The maximum atomic E-state index is 13.5. The third-order valence-corrected chi connectivity index (χ3v) is 7.02. The number of carbonyl (C=O) groups is 3. The van der Waals surface area contributed by atoms with E-state index in [-0.39, 0.29) is 23.4 Å². The molecule has 0 radical (unpaired) electrons. The van der Waals surface area contributed by atoms with Gasteiger partial charge in [0.05, 0.1) is 5.69 Å². The minimum Gasteiger partial charge on any atom is -0.350 e. The van der Waals surface area contributed by atoms with Gasteiger partial charge in [-0.05, 0) is 73.5 Å². The number of rotatable bonds is 8. The molecule has 1 aliphatic heterocycles. The molecule has 6 nitrogen and oxygen atoms in total. The molecular formula is C28H26BrN3O3S. The fraction of sp³-hybridized carbons (Fsp3) is 0.179. The summed E-state index contributed by atoms with van der Waals surface area (Å²) in [5.74, 6) is -0.570. The van der Waals surface area contributed by atoms with Gasteiger partial charge < -0.3 is 10.6 Å². The van der Waals surface area contributed by atoms with Crippen LogP contribution in [-0.2, 0) is 14.4 Å². The van der Waals surface area contributed by atoms with Gasteiger partial charge in [0, 0.05) is 27.2 Å². The van der Waals surface area contributed by atoms with Crippen molar-refractivity contribution < 1.29 is 14.4 Å². The molecule has 8 heteroatoms. The van der Waals surface area contributed by atoms with Crippen molar-refractivity contribution in [2.24, 2.45) is 5.92 Å². The summed E-state index contributed by atoms with van der Waals surface area (Å²) in [6.45, 7) is 5.94. The molecule has 4 rings (SSSR count). The summed E-state index contributed by atoms with van der Waals surface area (Å²) in [6, 6.07) is 21.9. The highest BCUT2D eigenvalue weighted by Gasteiger charge is 2.40. The van der Waals surface area contributed by atoms with E-state index in [1.54, 1.807) is 24.3 Å². The van der Waals surface area contributed by atoms with E-state index in [1.165, 1.54) is 16.7 Å². The van der Waals surface area contributed by atoms with E-state index in [4.69, 9.17) is 0 Å². The second-order valence-electron chi connectivity index (χ2n) is 8.89. The van der Waals surface area contributed by atoms with Gasteiger partial charge >= 0.3 is 0 Å². The van der Waals surface area contributed by atoms with Crippen LogP contribution in [0.1, 0.15) is 25.8 Å². The Hall–Kier alpha value is -3.36. The topological polar surface area (TPSA) is 78.5 Å². The molecule has 0 unspecified atom stereocenters. The van der Waals surface area contributed by atoms with Crippen LogP contribution in [0.2, 0.25) is 0 Å². The predicted molar refractivity (Wildman–Crippen MR) is 149 cm³/mol. The number of anilines is 3. The molecule has 0 spiro atoms. The second kappa shape index (κ2) is 11.1.